The van der Waals surface area contributed by atoms with Crippen LogP contribution in [-0.4, -0.2) is 6.04 Å². The van der Waals surface area contributed by atoms with E-state index in [4.69, 9.17) is 0 Å². The molecule has 1 N–H and O–H groups in total. The van der Waals surface area contributed by atoms with Gasteiger partial charge in [-0.1, -0.05) is 17.8 Å². The minimum absolute atomic E-state index is 0.156. The summed E-state index contributed by atoms with van der Waals surface area (Å²) in [5, 5.41) is 3.43. The maximum atomic E-state index is 13.8. The lowest BCUT2D eigenvalue weighted by molar-refractivity contribution is 0.615. The molecule has 0 bridgehead atoms. The van der Waals surface area contributed by atoms with Gasteiger partial charge in [0, 0.05) is 22.4 Å². The summed E-state index contributed by atoms with van der Waals surface area (Å²) in [4.78, 5) is 2.12. The summed E-state index contributed by atoms with van der Waals surface area (Å²) < 4.78 is 13.8. The highest BCUT2D eigenvalue weighted by Crippen LogP contribution is 2.30. The lowest BCUT2D eigenvalue weighted by atomic mass is 10.1. The van der Waals surface area contributed by atoms with Crippen molar-refractivity contribution in [2.45, 2.75) is 49.1 Å². The molecule has 1 fully saturated rings. The second kappa shape index (κ2) is 6.20. The van der Waals surface area contributed by atoms with Crippen molar-refractivity contribution in [3.63, 3.8) is 0 Å². The highest BCUT2D eigenvalue weighted by Gasteiger charge is 2.20. The maximum absolute atomic E-state index is 13.8. The van der Waals surface area contributed by atoms with E-state index in [9.17, 15) is 4.39 Å². The number of aryl methyl sites for hydroxylation is 2. The molecular formula is C18H20FNS. The molecule has 3 rings (SSSR count). The molecule has 1 nitrogen and oxygen atoms in total. The lowest BCUT2D eigenvalue weighted by Gasteiger charge is -2.08. The Hall–Kier alpha value is -1.32. The lowest BCUT2D eigenvalue weighted by Crippen LogP contribution is -2.15. The quantitative estimate of drug-likeness (QED) is 0.847. The standard InChI is InChI=1S/C18H20FNS/c1-12-3-6-17(7-13(12)2)21-18-9-14(8-15(19)10-18)11-20-16-4-5-16/h3,6-10,16,20H,4-5,11H2,1-2H3. The molecule has 0 saturated heterocycles. The second-order valence-electron chi connectivity index (χ2n) is 5.80. The van der Waals surface area contributed by atoms with Gasteiger partial charge in [0.2, 0.25) is 0 Å². The third kappa shape index (κ3) is 4.08. The van der Waals surface area contributed by atoms with Crippen molar-refractivity contribution >= 4 is 11.8 Å². The zero-order valence-corrected chi connectivity index (χ0v) is 13.3. The molecule has 0 spiro atoms. The Morgan fingerprint density at radius 2 is 1.86 bits per heavy atom. The van der Waals surface area contributed by atoms with E-state index in [2.05, 4.69) is 43.4 Å². The van der Waals surface area contributed by atoms with Crippen LogP contribution in [0.15, 0.2) is 46.2 Å². The zero-order chi connectivity index (χ0) is 14.8. The molecule has 0 heterocycles. The molecule has 0 aromatic heterocycles. The van der Waals surface area contributed by atoms with Gasteiger partial charge < -0.3 is 5.32 Å². The summed E-state index contributed by atoms with van der Waals surface area (Å²) in [6, 6.07) is 12.3. The van der Waals surface area contributed by atoms with Crippen LogP contribution >= 0.6 is 11.8 Å². The van der Waals surface area contributed by atoms with Crippen LogP contribution in [0.3, 0.4) is 0 Å². The molecule has 110 valence electrons. The minimum atomic E-state index is -0.156. The number of hydrogen-bond donors (Lipinski definition) is 1. The van der Waals surface area contributed by atoms with Crippen molar-refractivity contribution in [3.05, 3.63) is 58.9 Å². The number of hydrogen-bond acceptors (Lipinski definition) is 2. The average Bonchev–Trinajstić information content (AvgIpc) is 3.24. The van der Waals surface area contributed by atoms with Crippen molar-refractivity contribution in [2.24, 2.45) is 0 Å². The summed E-state index contributed by atoms with van der Waals surface area (Å²) in [6.07, 6.45) is 2.50. The Kier molecular flexibility index (Phi) is 4.32. The van der Waals surface area contributed by atoms with Crippen LogP contribution in [0.4, 0.5) is 4.39 Å². The average molecular weight is 301 g/mol. The van der Waals surface area contributed by atoms with Gasteiger partial charge in [-0.15, -0.1) is 0 Å². The Balaban J connectivity index is 1.75. The highest BCUT2D eigenvalue weighted by atomic mass is 32.2. The molecule has 0 unspecified atom stereocenters. The SMILES string of the molecule is Cc1ccc(Sc2cc(F)cc(CNC3CC3)c2)cc1C. The van der Waals surface area contributed by atoms with Gasteiger partial charge in [0.25, 0.3) is 0 Å². The van der Waals surface area contributed by atoms with Crippen molar-refractivity contribution in [1.82, 2.24) is 5.32 Å². The van der Waals surface area contributed by atoms with Gasteiger partial charge in [-0.05, 0) is 73.7 Å². The van der Waals surface area contributed by atoms with Gasteiger partial charge in [-0.2, -0.15) is 0 Å². The maximum Gasteiger partial charge on any atom is 0.124 e. The van der Waals surface area contributed by atoms with Gasteiger partial charge in [0.15, 0.2) is 0 Å². The fourth-order valence-electron chi connectivity index (χ4n) is 2.24. The van der Waals surface area contributed by atoms with Gasteiger partial charge in [-0.25, -0.2) is 4.39 Å². The van der Waals surface area contributed by atoms with Gasteiger partial charge in [-0.3, -0.25) is 0 Å². The summed E-state index contributed by atoms with van der Waals surface area (Å²) in [5.74, 6) is -0.156. The Morgan fingerprint density at radius 1 is 1.05 bits per heavy atom. The highest BCUT2D eigenvalue weighted by molar-refractivity contribution is 7.99. The van der Waals surface area contributed by atoms with E-state index in [1.807, 2.05) is 0 Å². The van der Waals surface area contributed by atoms with E-state index in [-0.39, 0.29) is 5.82 Å². The van der Waals surface area contributed by atoms with Crippen LogP contribution < -0.4 is 5.32 Å². The van der Waals surface area contributed by atoms with E-state index < -0.39 is 0 Å². The first-order chi connectivity index (χ1) is 10.1. The van der Waals surface area contributed by atoms with Gasteiger partial charge >= 0.3 is 0 Å². The fourth-order valence-corrected chi connectivity index (χ4v) is 3.27. The molecule has 1 aliphatic carbocycles. The molecule has 1 aliphatic rings. The predicted octanol–water partition coefficient (Wildman–Crippen LogP) is 4.85. The largest absolute Gasteiger partial charge is 0.310 e. The number of halogens is 1. The number of rotatable bonds is 5. The summed E-state index contributed by atoms with van der Waals surface area (Å²) in [6.45, 7) is 4.96. The molecule has 1 saturated carbocycles. The molecule has 21 heavy (non-hydrogen) atoms. The Morgan fingerprint density at radius 3 is 2.57 bits per heavy atom. The molecule has 0 atom stereocenters. The normalized spacial score (nSPS) is 14.4. The molecule has 2 aromatic rings. The molecule has 0 amide bonds. The Bertz CT molecular complexity index is 650. The monoisotopic (exact) mass is 301 g/mol. The Labute approximate surface area is 130 Å². The van der Waals surface area contributed by atoms with Gasteiger partial charge in [0.05, 0.1) is 0 Å². The smallest absolute Gasteiger partial charge is 0.124 e. The first-order valence-corrected chi connectivity index (χ1v) is 8.20. The van der Waals surface area contributed by atoms with E-state index in [1.54, 1.807) is 23.9 Å². The third-order valence-corrected chi connectivity index (χ3v) is 4.78. The van der Waals surface area contributed by atoms with Crippen LogP contribution in [-0.2, 0) is 6.54 Å². The van der Waals surface area contributed by atoms with E-state index in [1.165, 1.54) is 24.0 Å². The second-order valence-corrected chi connectivity index (χ2v) is 6.95. The first kappa shape index (κ1) is 14.6. The van der Waals surface area contributed by atoms with Crippen LogP contribution in [0, 0.1) is 19.7 Å². The number of benzene rings is 2. The molecule has 2 aromatic carbocycles. The molecule has 3 heteroatoms. The van der Waals surface area contributed by atoms with E-state index >= 15 is 0 Å². The van der Waals surface area contributed by atoms with Crippen LogP contribution in [0.25, 0.3) is 0 Å². The van der Waals surface area contributed by atoms with Crippen LogP contribution in [0.1, 0.15) is 29.5 Å². The minimum Gasteiger partial charge on any atom is -0.310 e. The third-order valence-electron chi connectivity index (χ3n) is 3.82. The fraction of sp³-hybridized carbons (Fsp3) is 0.333. The topological polar surface area (TPSA) is 12.0 Å². The van der Waals surface area contributed by atoms with Crippen LogP contribution in [0.5, 0.6) is 0 Å². The first-order valence-electron chi connectivity index (χ1n) is 7.38. The summed E-state index contributed by atoms with van der Waals surface area (Å²) in [5.41, 5.74) is 3.58. The molecular weight excluding hydrogens is 281 g/mol. The van der Waals surface area contributed by atoms with Crippen LogP contribution in [0.2, 0.25) is 0 Å². The van der Waals surface area contributed by atoms with Crippen molar-refractivity contribution in [1.29, 1.82) is 0 Å². The van der Waals surface area contributed by atoms with E-state index in [0.717, 1.165) is 21.9 Å². The molecule has 0 radical (unpaired) electrons. The zero-order valence-electron chi connectivity index (χ0n) is 12.4. The number of nitrogens with one attached hydrogen (secondary N) is 1. The van der Waals surface area contributed by atoms with Crippen molar-refractivity contribution < 1.29 is 4.39 Å². The molecule has 0 aliphatic heterocycles. The van der Waals surface area contributed by atoms with Gasteiger partial charge in [0.1, 0.15) is 5.82 Å². The van der Waals surface area contributed by atoms with E-state index in [0.29, 0.717) is 6.04 Å². The van der Waals surface area contributed by atoms with Crippen molar-refractivity contribution in [3.8, 4) is 0 Å². The predicted molar refractivity (Wildman–Crippen MR) is 86.3 cm³/mol. The van der Waals surface area contributed by atoms with Crippen molar-refractivity contribution in [2.75, 3.05) is 0 Å². The summed E-state index contributed by atoms with van der Waals surface area (Å²) >= 11 is 1.62. The summed E-state index contributed by atoms with van der Waals surface area (Å²) in [7, 11) is 0.